The predicted octanol–water partition coefficient (Wildman–Crippen LogP) is 9.50. The fourth-order valence-electron chi connectivity index (χ4n) is 6.21. The number of para-hydroxylation sites is 1. The summed E-state index contributed by atoms with van der Waals surface area (Å²) in [4.78, 5) is 2.38. The van der Waals surface area contributed by atoms with Crippen molar-refractivity contribution in [1.29, 1.82) is 0 Å². The smallest absolute Gasteiger partial charge is 0.0447 e. The number of hydrogen-bond acceptors (Lipinski definition) is 1. The van der Waals surface area contributed by atoms with E-state index in [1.807, 2.05) is 0 Å². The summed E-state index contributed by atoms with van der Waals surface area (Å²) in [7, 11) is 2.21. The molecule has 0 atom stereocenters. The average molecular weight is 476 g/mol. The molecule has 0 saturated carbocycles. The molecular weight excluding hydrogens is 446 g/mol. The maximum Gasteiger partial charge on any atom is 0.0447 e. The second-order valence-electron chi connectivity index (χ2n) is 10.2. The molecule has 7 rings (SSSR count). The first-order valence-corrected chi connectivity index (χ1v) is 13.1. The highest BCUT2D eigenvalue weighted by atomic mass is 15.1. The summed E-state index contributed by atoms with van der Waals surface area (Å²) in [6.45, 7) is 2.20. The summed E-state index contributed by atoms with van der Waals surface area (Å²) >= 11 is 0. The molecule has 1 nitrogen and oxygen atoms in total. The van der Waals surface area contributed by atoms with Crippen molar-refractivity contribution in [2.45, 2.75) is 19.8 Å². The average Bonchev–Trinajstić information content (AvgIpc) is 3.08. The van der Waals surface area contributed by atoms with E-state index in [9.17, 15) is 0 Å². The molecule has 0 aliphatic carbocycles. The van der Waals surface area contributed by atoms with E-state index < -0.39 is 0 Å². The Morgan fingerprint density at radius 1 is 0.486 bits per heavy atom. The molecule has 37 heavy (non-hydrogen) atoms. The maximum absolute atomic E-state index is 2.42. The van der Waals surface area contributed by atoms with Crippen molar-refractivity contribution in [3.63, 3.8) is 0 Å². The number of aryl methyl sites for hydroxylation is 3. The molecule has 0 spiro atoms. The minimum Gasteiger partial charge on any atom is -0.344 e. The van der Waals surface area contributed by atoms with Crippen molar-refractivity contribution in [3.05, 3.63) is 132 Å². The van der Waals surface area contributed by atoms with Gasteiger partial charge in [0.2, 0.25) is 0 Å². The van der Waals surface area contributed by atoms with Gasteiger partial charge in [0.05, 0.1) is 0 Å². The molecule has 6 aromatic carbocycles. The fraction of sp³-hybridized carbons (Fsp3) is 0.111. The lowest BCUT2D eigenvalue weighted by Gasteiger charge is -2.24. The van der Waals surface area contributed by atoms with Crippen LogP contribution in [0.4, 0.5) is 11.4 Å². The standard InChI is InChI=1S/C36H29N/c1-24-16-21-31-32(22-24)36(30-14-8-7-13-29(30)35(31)27-11-4-3-5-12-27)28-20-19-26-18-17-25-10-6-9-15-33(25)37(2)34(26)23-28/h3-16,19-23H,17-18H2,1-2H3. The highest BCUT2D eigenvalue weighted by Gasteiger charge is 2.21. The van der Waals surface area contributed by atoms with Crippen LogP contribution in [0.15, 0.2) is 115 Å². The molecule has 0 amide bonds. The van der Waals surface area contributed by atoms with Crippen LogP contribution in [0.25, 0.3) is 43.8 Å². The molecule has 0 aromatic heterocycles. The second-order valence-corrected chi connectivity index (χ2v) is 10.2. The fourth-order valence-corrected chi connectivity index (χ4v) is 6.21. The van der Waals surface area contributed by atoms with E-state index in [0.29, 0.717) is 0 Å². The van der Waals surface area contributed by atoms with E-state index >= 15 is 0 Å². The molecule has 6 aromatic rings. The number of anilines is 2. The van der Waals surface area contributed by atoms with Gasteiger partial charge in [-0.05, 0) is 86.8 Å². The van der Waals surface area contributed by atoms with Crippen molar-refractivity contribution >= 4 is 32.9 Å². The molecule has 0 saturated heterocycles. The Morgan fingerprint density at radius 2 is 1.11 bits per heavy atom. The minimum atomic E-state index is 1.06. The van der Waals surface area contributed by atoms with Gasteiger partial charge >= 0.3 is 0 Å². The summed E-state index contributed by atoms with van der Waals surface area (Å²) in [6, 6.07) is 42.6. The van der Waals surface area contributed by atoms with Gasteiger partial charge in [-0.1, -0.05) is 109 Å². The molecule has 0 unspecified atom stereocenters. The monoisotopic (exact) mass is 475 g/mol. The van der Waals surface area contributed by atoms with Crippen LogP contribution in [-0.4, -0.2) is 7.05 Å². The molecule has 0 N–H and O–H groups in total. The lowest BCUT2D eigenvalue weighted by atomic mass is 9.85. The molecule has 0 radical (unpaired) electrons. The second kappa shape index (κ2) is 8.64. The van der Waals surface area contributed by atoms with E-state index in [1.54, 1.807) is 0 Å². The van der Waals surface area contributed by atoms with E-state index in [4.69, 9.17) is 0 Å². The SMILES string of the molecule is Cc1ccc2c(-c3ccccc3)c3ccccc3c(-c3ccc4c(c3)N(C)c3ccccc3CC4)c2c1. The van der Waals surface area contributed by atoms with Crippen molar-refractivity contribution in [2.24, 2.45) is 0 Å². The summed E-state index contributed by atoms with van der Waals surface area (Å²) in [6.07, 6.45) is 2.13. The zero-order chi connectivity index (χ0) is 24.9. The first kappa shape index (κ1) is 21.9. The van der Waals surface area contributed by atoms with Crippen LogP contribution in [0.2, 0.25) is 0 Å². The molecule has 1 heterocycles. The Balaban J connectivity index is 1.55. The van der Waals surface area contributed by atoms with Crippen LogP contribution in [-0.2, 0) is 12.8 Å². The Bertz CT molecular complexity index is 1800. The Hall–Kier alpha value is -4.36. The molecule has 0 bridgehead atoms. The maximum atomic E-state index is 2.42. The zero-order valence-electron chi connectivity index (χ0n) is 21.3. The third kappa shape index (κ3) is 3.54. The summed E-state index contributed by atoms with van der Waals surface area (Å²) in [5.41, 5.74) is 11.9. The molecule has 178 valence electrons. The van der Waals surface area contributed by atoms with Crippen LogP contribution >= 0.6 is 0 Å². The quantitative estimate of drug-likeness (QED) is 0.225. The molecule has 1 heteroatoms. The summed E-state index contributed by atoms with van der Waals surface area (Å²) in [5.74, 6) is 0. The highest BCUT2D eigenvalue weighted by Crippen LogP contribution is 2.45. The Labute approximate surface area is 218 Å². The molecule has 1 aliphatic heterocycles. The first-order valence-electron chi connectivity index (χ1n) is 13.1. The van der Waals surface area contributed by atoms with E-state index in [0.717, 1.165) is 12.8 Å². The van der Waals surface area contributed by atoms with Crippen LogP contribution in [0, 0.1) is 6.92 Å². The van der Waals surface area contributed by atoms with Gasteiger partial charge in [0.1, 0.15) is 0 Å². The number of nitrogens with zero attached hydrogens (tertiary/aromatic N) is 1. The van der Waals surface area contributed by atoms with Gasteiger partial charge in [0.25, 0.3) is 0 Å². The number of rotatable bonds is 2. The normalized spacial score (nSPS) is 12.9. The van der Waals surface area contributed by atoms with Crippen molar-refractivity contribution in [2.75, 3.05) is 11.9 Å². The lowest BCUT2D eigenvalue weighted by Crippen LogP contribution is -2.11. The van der Waals surface area contributed by atoms with Crippen LogP contribution in [0.5, 0.6) is 0 Å². The van der Waals surface area contributed by atoms with E-state index in [-0.39, 0.29) is 0 Å². The topological polar surface area (TPSA) is 3.24 Å². The zero-order valence-corrected chi connectivity index (χ0v) is 21.3. The molecular formula is C36H29N. The molecule has 0 fully saturated rings. The summed E-state index contributed by atoms with van der Waals surface area (Å²) in [5, 5.41) is 5.22. The van der Waals surface area contributed by atoms with Crippen LogP contribution in [0.3, 0.4) is 0 Å². The van der Waals surface area contributed by atoms with Gasteiger partial charge in [0, 0.05) is 18.4 Å². The van der Waals surface area contributed by atoms with Gasteiger partial charge in [0.15, 0.2) is 0 Å². The van der Waals surface area contributed by atoms with Crippen LogP contribution < -0.4 is 4.90 Å². The van der Waals surface area contributed by atoms with Gasteiger partial charge < -0.3 is 4.90 Å². The van der Waals surface area contributed by atoms with E-state index in [2.05, 4.69) is 134 Å². The lowest BCUT2D eigenvalue weighted by molar-refractivity contribution is 0.978. The Kier molecular flexibility index (Phi) is 5.11. The third-order valence-corrected chi connectivity index (χ3v) is 7.99. The Morgan fingerprint density at radius 3 is 1.89 bits per heavy atom. The third-order valence-electron chi connectivity index (χ3n) is 7.99. The number of benzene rings is 6. The predicted molar refractivity (Wildman–Crippen MR) is 159 cm³/mol. The van der Waals surface area contributed by atoms with Gasteiger partial charge in [-0.3, -0.25) is 0 Å². The van der Waals surface area contributed by atoms with Gasteiger partial charge in [-0.2, -0.15) is 0 Å². The largest absolute Gasteiger partial charge is 0.344 e. The number of fused-ring (bicyclic) bond motifs is 4. The highest BCUT2D eigenvalue weighted by molar-refractivity contribution is 6.21. The van der Waals surface area contributed by atoms with Gasteiger partial charge in [-0.25, -0.2) is 0 Å². The van der Waals surface area contributed by atoms with Crippen molar-refractivity contribution in [3.8, 4) is 22.3 Å². The summed E-state index contributed by atoms with van der Waals surface area (Å²) < 4.78 is 0. The van der Waals surface area contributed by atoms with Crippen molar-refractivity contribution in [1.82, 2.24) is 0 Å². The van der Waals surface area contributed by atoms with E-state index in [1.165, 1.54) is 71.9 Å². The van der Waals surface area contributed by atoms with Crippen molar-refractivity contribution < 1.29 is 0 Å². The van der Waals surface area contributed by atoms with Crippen LogP contribution in [0.1, 0.15) is 16.7 Å². The molecule has 1 aliphatic rings. The van der Waals surface area contributed by atoms with Gasteiger partial charge in [-0.15, -0.1) is 0 Å². The first-order chi connectivity index (χ1) is 18.2. The minimum absolute atomic E-state index is 1.06. The number of hydrogen-bond donors (Lipinski definition) is 0.